The third-order valence-corrected chi connectivity index (χ3v) is 1.88. The number of aliphatic hydroxyl groups is 1. The Labute approximate surface area is 107 Å². The van der Waals surface area contributed by atoms with E-state index >= 15 is 0 Å². The predicted molar refractivity (Wildman–Crippen MR) is 72.7 cm³/mol. The summed E-state index contributed by atoms with van der Waals surface area (Å²) in [6.07, 6.45) is 6.51. The van der Waals surface area contributed by atoms with E-state index in [9.17, 15) is 4.79 Å². The number of amides is 1. The lowest BCUT2D eigenvalue weighted by Gasteiger charge is -1.99. The van der Waals surface area contributed by atoms with Crippen molar-refractivity contribution in [1.29, 1.82) is 0 Å². The number of carbonyl (C=O) groups is 1. The molecule has 100 valence electrons. The second kappa shape index (κ2) is 9.18. The van der Waals surface area contributed by atoms with Gasteiger partial charge >= 0.3 is 0 Å². The second-order valence-electron chi connectivity index (χ2n) is 3.40. The molecule has 0 fully saturated rings. The van der Waals surface area contributed by atoms with Gasteiger partial charge in [0, 0.05) is 32.7 Å². The number of hydrogen-bond acceptors (Lipinski definition) is 3. The van der Waals surface area contributed by atoms with E-state index in [0.717, 1.165) is 12.8 Å². The summed E-state index contributed by atoms with van der Waals surface area (Å²) in [6, 6.07) is 3.56. The predicted octanol–water partition coefficient (Wildman–Crippen LogP) is 1.72. The van der Waals surface area contributed by atoms with Crippen molar-refractivity contribution in [1.82, 2.24) is 14.7 Å². The lowest BCUT2D eigenvalue weighted by molar-refractivity contribution is 0.0962. The number of aromatic nitrogens is 2. The fourth-order valence-electron chi connectivity index (χ4n) is 1.20. The summed E-state index contributed by atoms with van der Waals surface area (Å²) in [5.74, 6) is -0.0874. The highest BCUT2D eigenvalue weighted by atomic mass is 16.2. The summed E-state index contributed by atoms with van der Waals surface area (Å²) in [5.41, 5.74) is 1.47. The van der Waals surface area contributed by atoms with Crippen LogP contribution in [-0.2, 0) is 0 Å². The summed E-state index contributed by atoms with van der Waals surface area (Å²) >= 11 is 0. The first-order valence-corrected chi connectivity index (χ1v) is 5.82. The molecule has 5 heteroatoms. The van der Waals surface area contributed by atoms with Crippen LogP contribution in [0.2, 0.25) is 0 Å². The molecule has 0 unspecified atom stereocenters. The molecule has 0 radical (unpaired) electrons. The van der Waals surface area contributed by atoms with Crippen LogP contribution in [0.25, 0.3) is 5.65 Å². The molecule has 2 N–H and O–H groups in total. The molecular weight excluding hydrogens is 230 g/mol. The minimum absolute atomic E-state index is 0.0874. The number of rotatable bonds is 1. The maximum Gasteiger partial charge on any atom is 0.252 e. The molecule has 2 aromatic heterocycles. The number of hydrogen-bond donors (Lipinski definition) is 2. The Bertz CT molecular complexity index is 466. The number of nitrogens with one attached hydrogen (secondary N) is 1. The monoisotopic (exact) mass is 251 g/mol. The number of nitrogens with zero attached hydrogens (tertiary/aromatic N) is 2. The molecule has 0 aliphatic rings. The maximum absolute atomic E-state index is 11.2. The zero-order valence-corrected chi connectivity index (χ0v) is 11.3. The average Bonchev–Trinajstić information content (AvgIpc) is 2.88. The van der Waals surface area contributed by atoms with Crippen molar-refractivity contribution in [2.24, 2.45) is 0 Å². The van der Waals surface area contributed by atoms with Crippen LogP contribution in [0, 0.1) is 0 Å². The standard InChI is InChI=1S/C9H9N3O.C3H8.CH4O/c1-10-9(13)7-2-3-8-11-4-5-12(8)6-7;1-3-2;1-2/h2-6H,1H3,(H,10,13);3H2,1-2H3;2H,1H3. The molecule has 0 spiro atoms. The van der Waals surface area contributed by atoms with E-state index in [-0.39, 0.29) is 5.91 Å². The Morgan fingerprint density at radius 1 is 1.39 bits per heavy atom. The van der Waals surface area contributed by atoms with Gasteiger partial charge in [-0.3, -0.25) is 4.79 Å². The van der Waals surface area contributed by atoms with E-state index in [2.05, 4.69) is 24.1 Å². The van der Waals surface area contributed by atoms with E-state index in [0.29, 0.717) is 5.56 Å². The highest BCUT2D eigenvalue weighted by molar-refractivity contribution is 5.93. The van der Waals surface area contributed by atoms with Crippen LogP contribution in [0.4, 0.5) is 0 Å². The fraction of sp³-hybridized carbons (Fsp3) is 0.385. The van der Waals surface area contributed by atoms with Gasteiger partial charge in [0.2, 0.25) is 0 Å². The molecule has 5 nitrogen and oxygen atoms in total. The molecule has 0 atom stereocenters. The largest absolute Gasteiger partial charge is 0.400 e. The van der Waals surface area contributed by atoms with E-state index in [1.807, 2.05) is 16.7 Å². The number of fused-ring (bicyclic) bond motifs is 1. The van der Waals surface area contributed by atoms with Crippen molar-refractivity contribution in [2.75, 3.05) is 14.2 Å². The minimum atomic E-state index is -0.0874. The van der Waals surface area contributed by atoms with Crippen LogP contribution in [0.15, 0.2) is 30.7 Å². The van der Waals surface area contributed by atoms with Gasteiger partial charge in [-0.25, -0.2) is 4.98 Å². The van der Waals surface area contributed by atoms with Crippen LogP contribution < -0.4 is 5.32 Å². The zero-order chi connectivity index (χ0) is 14.0. The van der Waals surface area contributed by atoms with Crippen LogP contribution in [0.5, 0.6) is 0 Å². The molecule has 2 aromatic rings. The first-order valence-electron chi connectivity index (χ1n) is 5.82. The van der Waals surface area contributed by atoms with E-state index in [1.165, 1.54) is 6.42 Å². The van der Waals surface area contributed by atoms with Gasteiger partial charge in [-0.2, -0.15) is 0 Å². The van der Waals surface area contributed by atoms with Crippen LogP contribution in [0.3, 0.4) is 0 Å². The van der Waals surface area contributed by atoms with Crippen molar-refractivity contribution < 1.29 is 9.90 Å². The average molecular weight is 251 g/mol. The third-order valence-electron chi connectivity index (χ3n) is 1.88. The molecule has 0 saturated heterocycles. The third kappa shape index (κ3) is 4.55. The summed E-state index contributed by atoms with van der Waals surface area (Å²) in [6.45, 7) is 4.25. The van der Waals surface area contributed by atoms with Crippen molar-refractivity contribution in [3.05, 3.63) is 36.3 Å². The van der Waals surface area contributed by atoms with Gasteiger partial charge in [-0.05, 0) is 12.1 Å². The topological polar surface area (TPSA) is 66.6 Å². The molecule has 18 heavy (non-hydrogen) atoms. The Hall–Kier alpha value is -1.88. The van der Waals surface area contributed by atoms with Crippen molar-refractivity contribution in [3.63, 3.8) is 0 Å². The summed E-state index contributed by atoms with van der Waals surface area (Å²) in [7, 11) is 2.61. The lowest BCUT2D eigenvalue weighted by Crippen LogP contribution is -2.18. The Morgan fingerprint density at radius 3 is 2.56 bits per heavy atom. The van der Waals surface area contributed by atoms with Crippen LogP contribution in [-0.4, -0.2) is 34.6 Å². The Morgan fingerprint density at radius 2 is 2.00 bits per heavy atom. The molecule has 2 heterocycles. The summed E-state index contributed by atoms with van der Waals surface area (Å²) in [4.78, 5) is 15.3. The molecule has 1 amide bonds. The van der Waals surface area contributed by atoms with Gasteiger partial charge in [0.1, 0.15) is 5.65 Å². The minimum Gasteiger partial charge on any atom is -0.400 e. The molecule has 0 aliphatic heterocycles. The Kier molecular flexibility index (Phi) is 8.22. The van der Waals surface area contributed by atoms with Gasteiger partial charge in [0.25, 0.3) is 5.91 Å². The maximum atomic E-state index is 11.2. The van der Waals surface area contributed by atoms with Gasteiger partial charge in [-0.15, -0.1) is 0 Å². The SMILES string of the molecule is CCC.CNC(=O)c1ccc2nccn2c1.CO. The quantitative estimate of drug-likeness (QED) is 0.811. The van der Waals surface area contributed by atoms with Crippen molar-refractivity contribution in [2.45, 2.75) is 20.3 Å². The summed E-state index contributed by atoms with van der Waals surface area (Å²) < 4.78 is 1.81. The first kappa shape index (κ1) is 16.1. The van der Waals surface area contributed by atoms with E-state index in [1.54, 1.807) is 25.5 Å². The van der Waals surface area contributed by atoms with E-state index in [4.69, 9.17) is 5.11 Å². The van der Waals surface area contributed by atoms with Gasteiger partial charge < -0.3 is 14.8 Å². The number of pyridine rings is 1. The normalized spacial score (nSPS) is 8.72. The highest BCUT2D eigenvalue weighted by Gasteiger charge is 2.03. The van der Waals surface area contributed by atoms with E-state index < -0.39 is 0 Å². The zero-order valence-electron chi connectivity index (χ0n) is 11.3. The molecule has 0 aliphatic carbocycles. The fourth-order valence-corrected chi connectivity index (χ4v) is 1.20. The van der Waals surface area contributed by atoms with Gasteiger partial charge in [0.15, 0.2) is 0 Å². The Balaban J connectivity index is 0.000000509. The van der Waals surface area contributed by atoms with Crippen molar-refractivity contribution >= 4 is 11.6 Å². The molecule has 0 bridgehead atoms. The van der Waals surface area contributed by atoms with Crippen molar-refractivity contribution in [3.8, 4) is 0 Å². The van der Waals surface area contributed by atoms with Gasteiger partial charge in [0.05, 0.1) is 5.56 Å². The number of imidazole rings is 1. The first-order chi connectivity index (χ1) is 8.72. The number of aliphatic hydroxyl groups excluding tert-OH is 1. The lowest BCUT2D eigenvalue weighted by atomic mass is 10.2. The second-order valence-corrected chi connectivity index (χ2v) is 3.40. The highest BCUT2D eigenvalue weighted by Crippen LogP contribution is 2.03. The molecule has 0 aromatic carbocycles. The van der Waals surface area contributed by atoms with Gasteiger partial charge in [-0.1, -0.05) is 20.3 Å². The molecular formula is C13H21N3O2. The van der Waals surface area contributed by atoms with Crippen LogP contribution in [0.1, 0.15) is 30.6 Å². The van der Waals surface area contributed by atoms with Crippen LogP contribution >= 0.6 is 0 Å². The number of carbonyl (C=O) groups excluding carboxylic acids is 1. The molecule has 2 rings (SSSR count). The summed E-state index contributed by atoms with van der Waals surface area (Å²) in [5, 5.41) is 9.57. The smallest absolute Gasteiger partial charge is 0.252 e. The molecule has 0 saturated carbocycles.